The number of hydrogen-bond donors (Lipinski definition) is 3. The second kappa shape index (κ2) is 15.8. The predicted octanol–water partition coefficient (Wildman–Crippen LogP) is 6.67. The van der Waals surface area contributed by atoms with Gasteiger partial charge in [-0.25, -0.2) is 9.38 Å². The average molecular weight is 594 g/mol. The van der Waals surface area contributed by atoms with Crippen LogP contribution in [0.15, 0.2) is 58.8 Å². The zero-order valence-corrected chi connectivity index (χ0v) is 24.4. The van der Waals surface area contributed by atoms with Crippen molar-refractivity contribution in [1.29, 1.82) is 0 Å². The molecule has 0 saturated heterocycles. The van der Waals surface area contributed by atoms with Gasteiger partial charge in [0, 0.05) is 29.2 Å². The molecule has 2 aromatic carbocycles. The Morgan fingerprint density at radius 3 is 2.36 bits per heavy atom. The molecule has 0 bridgehead atoms. The molecule has 0 heterocycles. The Hall–Kier alpha value is -4.06. The number of nitrogens with one attached hydrogen (secondary N) is 3. The van der Waals surface area contributed by atoms with Gasteiger partial charge in [-0.1, -0.05) is 13.0 Å². The molecule has 12 heteroatoms. The van der Waals surface area contributed by atoms with Crippen molar-refractivity contribution in [2.45, 2.75) is 52.8 Å². The lowest BCUT2D eigenvalue weighted by atomic mass is 10.0. The number of benzene rings is 2. The second-order valence-electron chi connectivity index (χ2n) is 9.24. The van der Waals surface area contributed by atoms with Crippen LogP contribution in [0.1, 0.15) is 55.6 Å². The van der Waals surface area contributed by atoms with Gasteiger partial charge in [-0.15, -0.1) is 0 Å². The van der Waals surface area contributed by atoms with Crippen LogP contribution in [0.5, 0.6) is 5.75 Å². The molecule has 0 aromatic heterocycles. The summed E-state index contributed by atoms with van der Waals surface area (Å²) in [7, 11) is 2.78. The third-order valence-corrected chi connectivity index (χ3v) is 6.22. The fourth-order valence-electron chi connectivity index (χ4n) is 3.85. The molecule has 0 radical (unpaired) electrons. The maximum atomic E-state index is 14.5. The van der Waals surface area contributed by atoms with Crippen LogP contribution < -0.4 is 20.7 Å². The lowest BCUT2D eigenvalue weighted by molar-refractivity contribution is -0.154. The first-order valence-corrected chi connectivity index (χ1v) is 13.2. The highest BCUT2D eigenvalue weighted by atomic mass is 19.4. The van der Waals surface area contributed by atoms with Crippen LogP contribution in [0.3, 0.4) is 0 Å². The summed E-state index contributed by atoms with van der Waals surface area (Å²) in [5.74, 6) is -2.87. The molecule has 0 spiro atoms. The standard InChI is InChI=1S/C30H36F5N5O2/c1-7-14-37-28(19(4)38-17-18(3)22-11-12-24(42-6)27(32)26(22)31)39-21-9-10-23(20(8-2)16-21)29(41)40-25(13-15-36-5)30(33,34)35/h7,9-12,14,16-17,25,36H,8,13,15H2,1-6H3,(H,37,39)(H,40,41)/b14-7-,18-17+,38-19?. The molecule has 0 saturated carbocycles. The van der Waals surface area contributed by atoms with Gasteiger partial charge in [0.05, 0.1) is 12.8 Å². The van der Waals surface area contributed by atoms with Crippen LogP contribution in [-0.4, -0.2) is 50.4 Å². The number of alkyl halides is 3. The molecule has 7 nitrogen and oxygen atoms in total. The number of carbonyl (C=O) groups excluding carboxylic acids is 1. The van der Waals surface area contributed by atoms with E-state index in [0.29, 0.717) is 34.8 Å². The SMILES string of the molecule is C/C=C\N=C(Nc1ccc(C(=O)NC(CCNC)C(F)(F)F)c(CC)c1)C(C)=N/C=C(\C)c1ccc(OC)c(F)c1F. The highest BCUT2D eigenvalue weighted by molar-refractivity contribution is 6.45. The summed E-state index contributed by atoms with van der Waals surface area (Å²) in [6.45, 7) is 6.88. The monoisotopic (exact) mass is 593 g/mol. The van der Waals surface area contributed by atoms with Gasteiger partial charge >= 0.3 is 6.18 Å². The zero-order valence-electron chi connectivity index (χ0n) is 24.4. The van der Waals surface area contributed by atoms with Crippen LogP contribution in [0.4, 0.5) is 27.6 Å². The number of rotatable bonds is 12. The van der Waals surface area contributed by atoms with E-state index < -0.39 is 29.8 Å². The van der Waals surface area contributed by atoms with Gasteiger partial charge in [-0.05, 0) is 88.7 Å². The number of allylic oxidation sites excluding steroid dienone is 2. The molecule has 2 rings (SSSR count). The molecule has 42 heavy (non-hydrogen) atoms. The fraction of sp³-hybridized carbons (Fsp3) is 0.367. The largest absolute Gasteiger partial charge is 0.494 e. The maximum absolute atomic E-state index is 14.5. The first-order valence-electron chi connectivity index (χ1n) is 13.2. The van der Waals surface area contributed by atoms with Gasteiger partial charge in [-0.3, -0.25) is 9.79 Å². The van der Waals surface area contributed by atoms with Crippen LogP contribution in [0.25, 0.3) is 5.57 Å². The molecule has 0 fully saturated rings. The van der Waals surface area contributed by atoms with Crippen molar-refractivity contribution >= 4 is 28.7 Å². The van der Waals surface area contributed by atoms with E-state index in [1.807, 2.05) is 0 Å². The van der Waals surface area contributed by atoms with E-state index in [9.17, 15) is 26.7 Å². The third-order valence-electron chi connectivity index (χ3n) is 6.22. The molecule has 0 aliphatic heterocycles. The highest BCUT2D eigenvalue weighted by Gasteiger charge is 2.40. The van der Waals surface area contributed by atoms with E-state index in [0.717, 1.165) is 0 Å². The van der Waals surface area contributed by atoms with Crippen molar-refractivity contribution in [2.75, 3.05) is 26.0 Å². The molecule has 1 amide bonds. The molecular weight excluding hydrogens is 557 g/mol. The van der Waals surface area contributed by atoms with Crippen molar-refractivity contribution in [3.63, 3.8) is 0 Å². The van der Waals surface area contributed by atoms with E-state index in [4.69, 9.17) is 4.74 Å². The second-order valence-corrected chi connectivity index (χ2v) is 9.24. The molecule has 0 aliphatic rings. The molecule has 1 unspecified atom stereocenters. The fourth-order valence-corrected chi connectivity index (χ4v) is 3.85. The number of halogens is 5. The summed E-state index contributed by atoms with van der Waals surface area (Å²) >= 11 is 0. The first kappa shape index (κ1) is 34.1. The lowest BCUT2D eigenvalue weighted by Gasteiger charge is -2.22. The summed E-state index contributed by atoms with van der Waals surface area (Å²) in [5, 5.41) is 7.88. The van der Waals surface area contributed by atoms with Crippen LogP contribution in [-0.2, 0) is 6.42 Å². The number of methoxy groups -OCH3 is 1. The lowest BCUT2D eigenvalue weighted by Crippen LogP contribution is -2.46. The minimum absolute atomic E-state index is 0.0184. The summed E-state index contributed by atoms with van der Waals surface area (Å²) in [6.07, 6.45) is 0.0943. The van der Waals surface area contributed by atoms with Crippen LogP contribution >= 0.6 is 0 Å². The summed E-state index contributed by atoms with van der Waals surface area (Å²) in [6, 6.07) is 5.38. The van der Waals surface area contributed by atoms with Crippen LogP contribution in [0.2, 0.25) is 0 Å². The van der Waals surface area contributed by atoms with E-state index >= 15 is 0 Å². The van der Waals surface area contributed by atoms with Gasteiger partial charge < -0.3 is 20.7 Å². The molecule has 2 aromatic rings. The topological polar surface area (TPSA) is 87.1 Å². The Bertz CT molecular complexity index is 1370. The minimum Gasteiger partial charge on any atom is -0.494 e. The smallest absolute Gasteiger partial charge is 0.408 e. The third kappa shape index (κ3) is 9.23. The number of nitrogens with zero attached hydrogens (tertiary/aromatic N) is 2. The van der Waals surface area contributed by atoms with Gasteiger partial charge in [0.2, 0.25) is 5.82 Å². The number of ether oxygens (including phenoxy) is 1. The number of amidine groups is 1. The predicted molar refractivity (Wildman–Crippen MR) is 157 cm³/mol. The van der Waals surface area contributed by atoms with Gasteiger partial charge in [0.15, 0.2) is 17.4 Å². The Kier molecular flexibility index (Phi) is 12.9. The van der Waals surface area contributed by atoms with Crippen molar-refractivity contribution in [3.05, 3.63) is 77.1 Å². The highest BCUT2D eigenvalue weighted by Crippen LogP contribution is 2.27. The van der Waals surface area contributed by atoms with E-state index in [1.54, 1.807) is 45.9 Å². The molecule has 228 valence electrons. The van der Waals surface area contributed by atoms with Gasteiger partial charge in [-0.2, -0.15) is 17.6 Å². The Morgan fingerprint density at radius 2 is 1.76 bits per heavy atom. The summed E-state index contributed by atoms with van der Waals surface area (Å²) in [4.78, 5) is 21.5. The number of amides is 1. The Balaban J connectivity index is 2.34. The number of aryl methyl sites for hydroxylation is 1. The van der Waals surface area contributed by atoms with E-state index in [1.165, 1.54) is 44.8 Å². The normalized spacial score (nSPS) is 13.8. The molecule has 3 N–H and O–H groups in total. The number of aliphatic imine (C=N–C) groups is 2. The molecule has 1 atom stereocenters. The Labute approximate surface area is 242 Å². The summed E-state index contributed by atoms with van der Waals surface area (Å²) in [5.41, 5.74) is 1.96. The van der Waals surface area contributed by atoms with Crippen molar-refractivity contribution in [2.24, 2.45) is 9.98 Å². The minimum atomic E-state index is -4.59. The average Bonchev–Trinajstić information content (AvgIpc) is 2.96. The zero-order chi connectivity index (χ0) is 31.4. The van der Waals surface area contributed by atoms with Crippen molar-refractivity contribution in [3.8, 4) is 5.75 Å². The molecule has 0 aliphatic carbocycles. The Morgan fingerprint density at radius 1 is 1.07 bits per heavy atom. The quantitative estimate of drug-likeness (QED) is 0.146. The number of hydrogen-bond acceptors (Lipinski definition) is 5. The van der Waals surface area contributed by atoms with Gasteiger partial charge in [0.25, 0.3) is 5.91 Å². The van der Waals surface area contributed by atoms with Crippen molar-refractivity contribution in [1.82, 2.24) is 10.6 Å². The maximum Gasteiger partial charge on any atom is 0.408 e. The first-order chi connectivity index (χ1) is 19.9. The summed E-state index contributed by atoms with van der Waals surface area (Å²) < 4.78 is 73.8. The molecular formula is C30H36F5N5O2. The van der Waals surface area contributed by atoms with Crippen molar-refractivity contribution < 1.29 is 31.5 Å². The van der Waals surface area contributed by atoms with E-state index in [2.05, 4.69) is 25.9 Å². The number of anilines is 1. The van der Waals surface area contributed by atoms with E-state index in [-0.39, 0.29) is 29.8 Å². The van der Waals surface area contributed by atoms with Gasteiger partial charge in [0.1, 0.15) is 6.04 Å². The number of carbonyl (C=O) groups is 1. The van der Waals surface area contributed by atoms with Crippen LogP contribution in [0, 0.1) is 11.6 Å².